The number of hydrogen-bond acceptors (Lipinski definition) is 2. The van der Waals surface area contributed by atoms with Gasteiger partial charge in [0.15, 0.2) is 0 Å². The van der Waals surface area contributed by atoms with Crippen LogP contribution in [0.2, 0.25) is 0 Å². The van der Waals surface area contributed by atoms with Gasteiger partial charge < -0.3 is 4.52 Å². The van der Waals surface area contributed by atoms with Crippen LogP contribution in [0.1, 0.15) is 30.1 Å². The van der Waals surface area contributed by atoms with E-state index in [1.807, 2.05) is 0 Å². The molecule has 0 N–H and O–H groups in total. The molecule has 4 heteroatoms. The normalized spacial score (nSPS) is 15.2. The van der Waals surface area contributed by atoms with Crippen molar-refractivity contribution in [3.05, 3.63) is 41.2 Å². The second kappa shape index (κ2) is 3.65. The highest BCUT2D eigenvalue weighted by Gasteiger charge is 2.31. The van der Waals surface area contributed by atoms with Crippen LogP contribution in [0.15, 0.2) is 22.7 Å². The molecule has 0 spiro atoms. The lowest BCUT2D eigenvalue weighted by Crippen LogP contribution is -1.91. The Balaban J connectivity index is 2.15. The third-order valence-corrected chi connectivity index (χ3v) is 3.11. The second-order valence-electron chi connectivity index (χ2n) is 4.39. The largest absolute Gasteiger partial charge is 0.360 e. The quantitative estimate of drug-likeness (QED) is 0.791. The van der Waals surface area contributed by atoms with Crippen LogP contribution in [-0.2, 0) is 0 Å². The first-order valence-electron chi connectivity index (χ1n) is 5.59. The molecule has 0 bridgehead atoms. The van der Waals surface area contributed by atoms with E-state index < -0.39 is 11.6 Å². The zero-order chi connectivity index (χ0) is 12.0. The van der Waals surface area contributed by atoms with Crippen LogP contribution in [0, 0.1) is 18.6 Å². The van der Waals surface area contributed by atoms with Gasteiger partial charge >= 0.3 is 0 Å². The van der Waals surface area contributed by atoms with Crippen molar-refractivity contribution in [2.75, 3.05) is 0 Å². The Morgan fingerprint density at radius 2 is 1.88 bits per heavy atom. The smallest absolute Gasteiger partial charge is 0.143 e. The zero-order valence-electron chi connectivity index (χ0n) is 9.34. The minimum Gasteiger partial charge on any atom is -0.360 e. The molecule has 0 unspecified atom stereocenters. The van der Waals surface area contributed by atoms with E-state index in [9.17, 15) is 8.78 Å². The van der Waals surface area contributed by atoms with E-state index in [1.54, 1.807) is 6.92 Å². The van der Waals surface area contributed by atoms with E-state index in [1.165, 1.54) is 18.2 Å². The summed E-state index contributed by atoms with van der Waals surface area (Å²) in [7, 11) is 0. The highest BCUT2D eigenvalue weighted by Crippen LogP contribution is 2.44. The minimum absolute atomic E-state index is 0.0966. The molecule has 1 aromatic carbocycles. The van der Waals surface area contributed by atoms with Crippen LogP contribution in [0.4, 0.5) is 8.78 Å². The van der Waals surface area contributed by atoms with Crippen LogP contribution < -0.4 is 0 Å². The van der Waals surface area contributed by atoms with Crippen molar-refractivity contribution >= 4 is 0 Å². The van der Waals surface area contributed by atoms with Crippen LogP contribution >= 0.6 is 0 Å². The number of aromatic nitrogens is 1. The molecule has 1 heterocycles. The number of rotatable bonds is 2. The highest BCUT2D eigenvalue weighted by molar-refractivity contribution is 5.64. The topological polar surface area (TPSA) is 26.0 Å². The van der Waals surface area contributed by atoms with Gasteiger partial charge in [-0.2, -0.15) is 0 Å². The third-order valence-electron chi connectivity index (χ3n) is 3.11. The molecule has 2 aromatic rings. The van der Waals surface area contributed by atoms with Gasteiger partial charge in [-0.05, 0) is 31.9 Å². The Hall–Kier alpha value is -1.71. The van der Waals surface area contributed by atoms with Crippen LogP contribution in [0.3, 0.4) is 0 Å². The number of nitrogens with zero attached hydrogens (tertiary/aromatic N) is 1. The van der Waals surface area contributed by atoms with E-state index in [0.717, 1.165) is 24.2 Å². The Labute approximate surface area is 97.2 Å². The predicted molar refractivity (Wildman–Crippen MR) is 58.6 cm³/mol. The standard InChI is InChI=1S/C13H11F2NO/c1-7-12(16-17-13(7)8-5-6-8)11-9(14)3-2-4-10(11)15/h2-4,8H,5-6H2,1H3. The average Bonchev–Trinajstić information content (AvgIpc) is 3.05. The molecule has 88 valence electrons. The van der Waals surface area contributed by atoms with Crippen molar-refractivity contribution in [2.45, 2.75) is 25.7 Å². The van der Waals surface area contributed by atoms with E-state index in [2.05, 4.69) is 5.16 Å². The zero-order valence-corrected chi connectivity index (χ0v) is 9.34. The Morgan fingerprint density at radius 1 is 1.24 bits per heavy atom. The lowest BCUT2D eigenvalue weighted by Gasteiger charge is -2.01. The summed E-state index contributed by atoms with van der Waals surface area (Å²) in [6.45, 7) is 1.80. The molecule has 0 atom stereocenters. The summed E-state index contributed by atoms with van der Waals surface area (Å²) in [4.78, 5) is 0. The summed E-state index contributed by atoms with van der Waals surface area (Å²) in [6, 6.07) is 3.79. The molecule has 1 aliphatic rings. The lowest BCUT2D eigenvalue weighted by molar-refractivity contribution is 0.384. The highest BCUT2D eigenvalue weighted by atomic mass is 19.1. The fraction of sp³-hybridized carbons (Fsp3) is 0.308. The summed E-state index contributed by atoms with van der Waals surface area (Å²) in [5.74, 6) is -0.0683. The fourth-order valence-electron chi connectivity index (χ4n) is 2.03. The minimum atomic E-state index is -0.608. The van der Waals surface area contributed by atoms with Crippen molar-refractivity contribution in [3.8, 4) is 11.3 Å². The molecule has 0 aliphatic heterocycles. The molecule has 0 amide bonds. The molecule has 1 aliphatic carbocycles. The first kappa shape index (κ1) is 10.4. The maximum Gasteiger partial charge on any atom is 0.143 e. The summed E-state index contributed by atoms with van der Waals surface area (Å²) < 4.78 is 32.4. The fourth-order valence-corrected chi connectivity index (χ4v) is 2.03. The van der Waals surface area contributed by atoms with Gasteiger partial charge in [0.1, 0.15) is 23.1 Å². The maximum absolute atomic E-state index is 13.6. The van der Waals surface area contributed by atoms with Gasteiger partial charge in [0, 0.05) is 11.5 Å². The molecule has 2 nitrogen and oxygen atoms in total. The third kappa shape index (κ3) is 1.64. The van der Waals surface area contributed by atoms with Crippen molar-refractivity contribution in [2.24, 2.45) is 0 Å². The van der Waals surface area contributed by atoms with E-state index in [4.69, 9.17) is 4.52 Å². The van der Waals surface area contributed by atoms with Gasteiger partial charge in [0.25, 0.3) is 0 Å². The van der Waals surface area contributed by atoms with Gasteiger partial charge in [0.05, 0.1) is 5.56 Å². The monoisotopic (exact) mass is 235 g/mol. The van der Waals surface area contributed by atoms with Gasteiger partial charge in [-0.25, -0.2) is 8.78 Å². The maximum atomic E-state index is 13.6. The summed E-state index contributed by atoms with van der Waals surface area (Å²) >= 11 is 0. The molecular formula is C13H11F2NO. The summed E-state index contributed by atoms with van der Waals surface area (Å²) in [5, 5.41) is 3.81. The van der Waals surface area contributed by atoms with Crippen molar-refractivity contribution < 1.29 is 13.3 Å². The first-order valence-corrected chi connectivity index (χ1v) is 5.59. The Kier molecular flexibility index (Phi) is 2.24. The number of hydrogen-bond donors (Lipinski definition) is 0. The molecule has 0 saturated heterocycles. The van der Waals surface area contributed by atoms with E-state index in [0.29, 0.717) is 5.92 Å². The molecular weight excluding hydrogens is 224 g/mol. The summed E-state index contributed by atoms with van der Waals surface area (Å²) in [5.41, 5.74) is 0.930. The molecule has 3 rings (SSSR count). The SMILES string of the molecule is Cc1c(-c2c(F)cccc2F)noc1C1CC1. The van der Waals surface area contributed by atoms with Crippen LogP contribution in [0.25, 0.3) is 11.3 Å². The molecule has 0 radical (unpaired) electrons. The van der Waals surface area contributed by atoms with Crippen molar-refractivity contribution in [1.82, 2.24) is 5.16 Å². The van der Waals surface area contributed by atoms with Crippen molar-refractivity contribution in [1.29, 1.82) is 0 Å². The average molecular weight is 235 g/mol. The van der Waals surface area contributed by atoms with E-state index in [-0.39, 0.29) is 11.3 Å². The Bertz CT molecular complexity index is 553. The van der Waals surface area contributed by atoms with Crippen molar-refractivity contribution in [3.63, 3.8) is 0 Å². The number of halogens is 2. The predicted octanol–water partition coefficient (Wildman–Crippen LogP) is 3.81. The van der Waals surface area contributed by atoms with E-state index >= 15 is 0 Å². The Morgan fingerprint density at radius 3 is 2.47 bits per heavy atom. The van der Waals surface area contributed by atoms with Gasteiger partial charge in [-0.1, -0.05) is 11.2 Å². The molecule has 17 heavy (non-hydrogen) atoms. The van der Waals surface area contributed by atoms with Crippen LogP contribution in [0.5, 0.6) is 0 Å². The van der Waals surface area contributed by atoms with Gasteiger partial charge in [-0.15, -0.1) is 0 Å². The second-order valence-corrected chi connectivity index (χ2v) is 4.39. The molecule has 1 saturated carbocycles. The first-order chi connectivity index (χ1) is 8.18. The molecule has 1 fully saturated rings. The molecule has 1 aromatic heterocycles. The summed E-state index contributed by atoms with van der Waals surface area (Å²) in [6.07, 6.45) is 2.13. The van der Waals surface area contributed by atoms with Gasteiger partial charge in [-0.3, -0.25) is 0 Å². The lowest BCUT2D eigenvalue weighted by atomic mass is 10.0. The van der Waals surface area contributed by atoms with Gasteiger partial charge in [0.2, 0.25) is 0 Å². The van der Waals surface area contributed by atoms with Crippen LogP contribution in [-0.4, -0.2) is 5.16 Å². The number of benzene rings is 1.